The standard InChI is InChI=1S/C21H32ClNO5/c1-13(24)4-2-6-15(25)9-10-17-16(18(22)12-20(17)26)7-3-5-14-8-11-19(23-14)21(27)28/h8-11,13,15-18,20,23-26H,2-7,12H2,1H3,(H,27,28)/t13-,15+,16-,17-,18-,20-/m1/s1. The van der Waals surface area contributed by atoms with Gasteiger partial charge in [-0.1, -0.05) is 12.2 Å². The first-order chi connectivity index (χ1) is 13.3. The summed E-state index contributed by atoms with van der Waals surface area (Å²) in [5.74, 6) is -0.943. The summed E-state index contributed by atoms with van der Waals surface area (Å²) in [6.45, 7) is 1.73. The van der Waals surface area contributed by atoms with E-state index in [1.807, 2.05) is 6.08 Å². The topological polar surface area (TPSA) is 114 Å². The number of H-pyrrole nitrogens is 1. The number of carboxylic acid groups (broad SMARTS) is 1. The monoisotopic (exact) mass is 413 g/mol. The fourth-order valence-electron chi connectivity index (χ4n) is 3.95. The summed E-state index contributed by atoms with van der Waals surface area (Å²) >= 11 is 6.46. The van der Waals surface area contributed by atoms with Crippen LogP contribution in [0, 0.1) is 11.8 Å². The van der Waals surface area contributed by atoms with Crippen molar-refractivity contribution in [2.45, 2.75) is 75.6 Å². The first-order valence-electron chi connectivity index (χ1n) is 10.1. The number of aryl methyl sites for hydroxylation is 1. The molecular weight excluding hydrogens is 382 g/mol. The zero-order valence-electron chi connectivity index (χ0n) is 16.3. The van der Waals surface area contributed by atoms with Crippen LogP contribution in [0.5, 0.6) is 0 Å². The summed E-state index contributed by atoms with van der Waals surface area (Å²) in [4.78, 5) is 13.8. The van der Waals surface area contributed by atoms with Crippen LogP contribution in [0.4, 0.5) is 0 Å². The molecule has 0 bridgehead atoms. The molecule has 158 valence electrons. The van der Waals surface area contributed by atoms with Gasteiger partial charge in [0.05, 0.1) is 18.3 Å². The molecule has 0 amide bonds. The third kappa shape index (κ3) is 6.92. The van der Waals surface area contributed by atoms with Gasteiger partial charge in [0.15, 0.2) is 0 Å². The van der Waals surface area contributed by atoms with Crippen LogP contribution >= 0.6 is 11.6 Å². The summed E-state index contributed by atoms with van der Waals surface area (Å²) in [6, 6.07) is 3.35. The molecule has 0 aliphatic heterocycles. The Morgan fingerprint density at radius 3 is 2.71 bits per heavy atom. The average Bonchev–Trinajstić information content (AvgIpc) is 3.18. The molecule has 0 unspecified atom stereocenters. The van der Waals surface area contributed by atoms with E-state index in [2.05, 4.69) is 4.98 Å². The van der Waals surface area contributed by atoms with E-state index in [0.29, 0.717) is 19.3 Å². The van der Waals surface area contributed by atoms with Crippen molar-refractivity contribution in [1.29, 1.82) is 0 Å². The molecule has 1 saturated carbocycles. The molecule has 0 aromatic carbocycles. The van der Waals surface area contributed by atoms with Gasteiger partial charge in [0.1, 0.15) is 5.69 Å². The molecule has 6 nitrogen and oxygen atoms in total. The molecule has 7 heteroatoms. The van der Waals surface area contributed by atoms with Crippen molar-refractivity contribution in [3.63, 3.8) is 0 Å². The Morgan fingerprint density at radius 2 is 2.07 bits per heavy atom. The quantitative estimate of drug-likeness (QED) is 0.282. The Labute approximate surface area is 171 Å². The summed E-state index contributed by atoms with van der Waals surface area (Å²) in [5.41, 5.74) is 1.06. The van der Waals surface area contributed by atoms with E-state index in [1.165, 1.54) is 0 Å². The van der Waals surface area contributed by atoms with Crippen molar-refractivity contribution in [3.8, 4) is 0 Å². The number of alkyl halides is 1. The number of carbonyl (C=O) groups is 1. The first kappa shape index (κ1) is 22.9. The Kier molecular flexibility index (Phi) is 9.02. The molecule has 1 fully saturated rings. The zero-order chi connectivity index (χ0) is 20.7. The highest BCUT2D eigenvalue weighted by Gasteiger charge is 2.39. The largest absolute Gasteiger partial charge is 0.477 e. The summed E-state index contributed by atoms with van der Waals surface area (Å²) in [7, 11) is 0. The molecule has 1 aliphatic carbocycles. The smallest absolute Gasteiger partial charge is 0.352 e. The molecule has 2 rings (SSSR count). The molecule has 0 radical (unpaired) electrons. The van der Waals surface area contributed by atoms with Gasteiger partial charge in [-0.05, 0) is 69.9 Å². The van der Waals surface area contributed by atoms with Gasteiger partial charge in [-0.15, -0.1) is 11.6 Å². The summed E-state index contributed by atoms with van der Waals surface area (Å²) in [6.07, 6.45) is 7.06. The van der Waals surface area contributed by atoms with E-state index < -0.39 is 18.2 Å². The lowest BCUT2D eigenvalue weighted by molar-refractivity contribution is 0.0691. The van der Waals surface area contributed by atoms with Crippen molar-refractivity contribution in [1.82, 2.24) is 4.98 Å². The summed E-state index contributed by atoms with van der Waals surface area (Å²) < 4.78 is 0. The van der Waals surface area contributed by atoms with Crippen LogP contribution in [0.3, 0.4) is 0 Å². The van der Waals surface area contributed by atoms with Crippen LogP contribution in [0.25, 0.3) is 0 Å². The number of halogens is 1. The van der Waals surface area contributed by atoms with Crippen molar-refractivity contribution >= 4 is 17.6 Å². The van der Waals surface area contributed by atoms with Crippen LogP contribution in [0.2, 0.25) is 0 Å². The number of rotatable bonds is 11. The molecule has 1 heterocycles. The molecule has 0 spiro atoms. The van der Waals surface area contributed by atoms with Crippen molar-refractivity contribution in [2.75, 3.05) is 0 Å². The first-order valence-corrected chi connectivity index (χ1v) is 10.5. The second-order valence-corrected chi connectivity index (χ2v) is 8.45. The Balaban J connectivity index is 1.84. The van der Waals surface area contributed by atoms with Gasteiger partial charge in [0.25, 0.3) is 0 Å². The Hall–Kier alpha value is -1.34. The molecule has 0 saturated heterocycles. The maximum absolute atomic E-state index is 10.9. The third-order valence-corrected chi connectivity index (χ3v) is 6.01. The van der Waals surface area contributed by atoms with Crippen LogP contribution in [0.15, 0.2) is 24.3 Å². The minimum atomic E-state index is -0.969. The lowest BCUT2D eigenvalue weighted by Gasteiger charge is -2.21. The Bertz CT molecular complexity index is 644. The average molecular weight is 414 g/mol. The van der Waals surface area contributed by atoms with Crippen LogP contribution in [-0.2, 0) is 6.42 Å². The number of aromatic carboxylic acids is 1. The van der Waals surface area contributed by atoms with Crippen molar-refractivity contribution < 1.29 is 25.2 Å². The predicted octanol–water partition coefficient (Wildman–Crippen LogP) is 3.11. The SMILES string of the molecule is C[C@@H](O)CCC[C@H](O)C=C[C@@H]1[C@@H](CCCc2ccc(C(=O)O)[nH]2)[C@H](Cl)C[C@H]1O. The number of aromatic amines is 1. The van der Waals surface area contributed by atoms with Gasteiger partial charge in [-0.2, -0.15) is 0 Å². The van der Waals surface area contributed by atoms with E-state index >= 15 is 0 Å². The highest BCUT2D eigenvalue weighted by molar-refractivity contribution is 6.21. The molecule has 1 aromatic heterocycles. The Morgan fingerprint density at radius 1 is 1.32 bits per heavy atom. The third-order valence-electron chi connectivity index (χ3n) is 5.51. The molecule has 1 aromatic rings. The highest BCUT2D eigenvalue weighted by Crippen LogP contribution is 2.40. The minimum absolute atomic E-state index is 0.0906. The lowest BCUT2D eigenvalue weighted by Crippen LogP contribution is -2.19. The van der Waals surface area contributed by atoms with Crippen LogP contribution in [0.1, 0.15) is 61.6 Å². The van der Waals surface area contributed by atoms with E-state index in [0.717, 1.165) is 31.4 Å². The second kappa shape index (κ2) is 11.0. The van der Waals surface area contributed by atoms with Gasteiger partial charge < -0.3 is 25.4 Å². The highest BCUT2D eigenvalue weighted by atomic mass is 35.5. The van der Waals surface area contributed by atoms with Gasteiger partial charge in [-0.25, -0.2) is 4.79 Å². The van der Waals surface area contributed by atoms with E-state index in [4.69, 9.17) is 16.7 Å². The maximum atomic E-state index is 10.9. The van der Waals surface area contributed by atoms with Crippen molar-refractivity contribution in [2.24, 2.45) is 11.8 Å². The predicted molar refractivity (Wildman–Crippen MR) is 109 cm³/mol. The molecule has 6 atom stereocenters. The summed E-state index contributed by atoms with van der Waals surface area (Å²) in [5, 5.41) is 38.6. The number of carboxylic acids is 1. The fourth-order valence-corrected chi connectivity index (χ4v) is 4.42. The molecular formula is C21H32ClNO5. The van der Waals surface area contributed by atoms with Gasteiger partial charge in [0, 0.05) is 17.0 Å². The normalized spacial score (nSPS) is 27.3. The molecule has 1 aliphatic rings. The maximum Gasteiger partial charge on any atom is 0.352 e. The van der Waals surface area contributed by atoms with Gasteiger partial charge in [0.2, 0.25) is 0 Å². The van der Waals surface area contributed by atoms with Crippen LogP contribution in [-0.4, -0.2) is 55.1 Å². The molecule has 5 N–H and O–H groups in total. The number of aromatic nitrogens is 1. The number of nitrogens with one attached hydrogen (secondary N) is 1. The van der Waals surface area contributed by atoms with E-state index in [-0.39, 0.29) is 29.0 Å². The fraction of sp³-hybridized carbons (Fsp3) is 0.667. The number of hydrogen-bond acceptors (Lipinski definition) is 4. The molecule has 28 heavy (non-hydrogen) atoms. The van der Waals surface area contributed by atoms with Gasteiger partial charge >= 0.3 is 5.97 Å². The van der Waals surface area contributed by atoms with E-state index in [9.17, 15) is 20.1 Å². The zero-order valence-corrected chi connectivity index (χ0v) is 17.1. The number of hydrogen-bond donors (Lipinski definition) is 5. The second-order valence-electron chi connectivity index (χ2n) is 7.89. The lowest BCUT2D eigenvalue weighted by atomic mass is 9.89. The number of aliphatic hydroxyl groups is 3. The minimum Gasteiger partial charge on any atom is -0.477 e. The van der Waals surface area contributed by atoms with E-state index in [1.54, 1.807) is 25.1 Å². The van der Waals surface area contributed by atoms with Gasteiger partial charge in [-0.3, -0.25) is 0 Å². The van der Waals surface area contributed by atoms with Crippen LogP contribution < -0.4 is 0 Å². The van der Waals surface area contributed by atoms with Crippen molar-refractivity contribution in [3.05, 3.63) is 35.7 Å². The number of aliphatic hydroxyl groups excluding tert-OH is 3.